The molecule has 3 unspecified atom stereocenters. The first-order valence-electron chi connectivity index (χ1n) is 7.00. The lowest BCUT2D eigenvalue weighted by Gasteiger charge is -2.36. The van der Waals surface area contributed by atoms with Gasteiger partial charge in [0.05, 0.1) is 0 Å². The largest absolute Gasteiger partial charge is 0.338 e. The van der Waals surface area contributed by atoms with Gasteiger partial charge in [-0.25, -0.2) is 0 Å². The number of piperidine rings is 1. The molecule has 0 bridgehead atoms. The van der Waals surface area contributed by atoms with Crippen LogP contribution in [0.5, 0.6) is 0 Å². The van der Waals surface area contributed by atoms with Gasteiger partial charge in [-0.2, -0.15) is 0 Å². The molecule has 3 fully saturated rings. The molecule has 0 aromatic rings. The second-order valence-corrected chi connectivity index (χ2v) is 5.69. The summed E-state index contributed by atoms with van der Waals surface area (Å²) < 4.78 is 0. The van der Waals surface area contributed by atoms with Crippen molar-refractivity contribution in [2.24, 2.45) is 0 Å². The maximum atomic E-state index is 12.0. The Kier molecular flexibility index (Phi) is 3.09. The predicted octanol–water partition coefficient (Wildman–Crippen LogP) is 0.433. The molecule has 96 valence electrons. The maximum Gasteiger partial charge on any atom is 0.224 e. The SMILES string of the molecule is CNC1CCN(C2CC(=O)N3CCCCC23)C1. The van der Waals surface area contributed by atoms with Crippen molar-refractivity contribution in [2.75, 3.05) is 26.7 Å². The Morgan fingerprint density at radius 1 is 1.18 bits per heavy atom. The van der Waals surface area contributed by atoms with Crippen molar-refractivity contribution < 1.29 is 4.79 Å². The summed E-state index contributed by atoms with van der Waals surface area (Å²) in [5, 5.41) is 3.36. The second-order valence-electron chi connectivity index (χ2n) is 5.69. The Morgan fingerprint density at radius 2 is 2.06 bits per heavy atom. The van der Waals surface area contributed by atoms with Crippen LogP contribution < -0.4 is 5.32 Å². The number of likely N-dealkylation sites (tertiary alicyclic amines) is 1. The molecule has 0 radical (unpaired) electrons. The van der Waals surface area contributed by atoms with Crippen molar-refractivity contribution in [3.05, 3.63) is 0 Å². The van der Waals surface area contributed by atoms with Crippen molar-refractivity contribution in [3.63, 3.8) is 0 Å². The van der Waals surface area contributed by atoms with Crippen LogP contribution in [0.4, 0.5) is 0 Å². The first kappa shape index (κ1) is 11.5. The average molecular weight is 237 g/mol. The van der Waals surface area contributed by atoms with Crippen LogP contribution in [0, 0.1) is 0 Å². The number of nitrogens with one attached hydrogen (secondary N) is 1. The summed E-state index contributed by atoms with van der Waals surface area (Å²) in [5.41, 5.74) is 0. The molecule has 0 spiro atoms. The summed E-state index contributed by atoms with van der Waals surface area (Å²) in [7, 11) is 2.04. The molecule has 3 saturated heterocycles. The summed E-state index contributed by atoms with van der Waals surface area (Å²) in [5.74, 6) is 0.396. The van der Waals surface area contributed by atoms with Gasteiger partial charge in [-0.1, -0.05) is 0 Å². The van der Waals surface area contributed by atoms with Gasteiger partial charge in [-0.3, -0.25) is 9.69 Å². The standard InChI is InChI=1S/C13H23N3O/c1-14-10-5-7-15(9-10)12-8-13(17)16-6-3-2-4-11(12)16/h10-12,14H,2-9H2,1H3. The number of amides is 1. The molecule has 4 nitrogen and oxygen atoms in total. The van der Waals surface area contributed by atoms with Crippen LogP contribution in [-0.2, 0) is 4.79 Å². The Balaban J connectivity index is 1.69. The molecule has 0 aliphatic carbocycles. The van der Waals surface area contributed by atoms with Crippen molar-refractivity contribution in [3.8, 4) is 0 Å². The zero-order valence-electron chi connectivity index (χ0n) is 10.7. The summed E-state index contributed by atoms with van der Waals surface area (Å²) in [4.78, 5) is 16.7. The highest BCUT2D eigenvalue weighted by Crippen LogP contribution is 2.32. The van der Waals surface area contributed by atoms with E-state index in [0.717, 1.165) is 26.1 Å². The lowest BCUT2D eigenvalue weighted by molar-refractivity contribution is -0.129. The van der Waals surface area contributed by atoms with Crippen LogP contribution in [0.2, 0.25) is 0 Å². The molecule has 3 aliphatic heterocycles. The molecule has 0 aromatic heterocycles. The van der Waals surface area contributed by atoms with Crippen LogP contribution in [0.25, 0.3) is 0 Å². The highest BCUT2D eigenvalue weighted by molar-refractivity contribution is 5.80. The van der Waals surface area contributed by atoms with E-state index in [1.165, 1.54) is 25.7 Å². The average Bonchev–Trinajstić information content (AvgIpc) is 2.95. The monoisotopic (exact) mass is 237 g/mol. The van der Waals surface area contributed by atoms with Gasteiger partial charge in [0.15, 0.2) is 0 Å². The first-order chi connectivity index (χ1) is 8.29. The van der Waals surface area contributed by atoms with E-state index in [9.17, 15) is 4.79 Å². The summed E-state index contributed by atoms with van der Waals surface area (Å²) in [6.07, 6.45) is 5.72. The van der Waals surface area contributed by atoms with E-state index in [2.05, 4.69) is 15.1 Å². The fourth-order valence-electron chi connectivity index (χ4n) is 3.80. The minimum Gasteiger partial charge on any atom is -0.338 e. The smallest absolute Gasteiger partial charge is 0.224 e. The number of hydrogen-bond acceptors (Lipinski definition) is 3. The number of carbonyl (C=O) groups excluding carboxylic acids is 1. The summed E-state index contributed by atoms with van der Waals surface area (Å²) in [6.45, 7) is 3.29. The molecule has 3 atom stereocenters. The summed E-state index contributed by atoms with van der Waals surface area (Å²) in [6, 6.07) is 1.65. The number of likely N-dealkylation sites (N-methyl/N-ethyl adjacent to an activating group) is 1. The van der Waals surface area contributed by atoms with Crippen molar-refractivity contribution in [1.82, 2.24) is 15.1 Å². The van der Waals surface area contributed by atoms with E-state index >= 15 is 0 Å². The van der Waals surface area contributed by atoms with Gasteiger partial charge in [0.25, 0.3) is 0 Å². The third-order valence-corrected chi connectivity index (χ3v) is 4.79. The number of hydrogen-bond donors (Lipinski definition) is 1. The maximum absolute atomic E-state index is 12.0. The topological polar surface area (TPSA) is 35.6 Å². The quantitative estimate of drug-likeness (QED) is 0.757. The fourth-order valence-corrected chi connectivity index (χ4v) is 3.80. The lowest BCUT2D eigenvalue weighted by Crippen LogP contribution is -2.47. The molecular weight excluding hydrogens is 214 g/mol. The highest BCUT2D eigenvalue weighted by Gasteiger charge is 2.44. The van der Waals surface area contributed by atoms with Gasteiger partial charge in [0.2, 0.25) is 5.91 Å². The van der Waals surface area contributed by atoms with E-state index in [1.54, 1.807) is 0 Å². The fraction of sp³-hybridized carbons (Fsp3) is 0.923. The third kappa shape index (κ3) is 1.97. The minimum atomic E-state index is 0.396. The second kappa shape index (κ2) is 4.58. The molecule has 17 heavy (non-hydrogen) atoms. The van der Waals surface area contributed by atoms with Gasteiger partial charge in [0, 0.05) is 44.2 Å². The zero-order chi connectivity index (χ0) is 11.8. The molecule has 1 N–H and O–H groups in total. The van der Waals surface area contributed by atoms with E-state index < -0.39 is 0 Å². The van der Waals surface area contributed by atoms with E-state index in [-0.39, 0.29) is 0 Å². The Labute approximate surface area is 103 Å². The van der Waals surface area contributed by atoms with Crippen LogP contribution in [0.3, 0.4) is 0 Å². The van der Waals surface area contributed by atoms with Gasteiger partial charge >= 0.3 is 0 Å². The van der Waals surface area contributed by atoms with Crippen LogP contribution in [-0.4, -0.2) is 60.5 Å². The highest BCUT2D eigenvalue weighted by atomic mass is 16.2. The molecule has 3 aliphatic rings. The molecule has 4 heteroatoms. The lowest BCUT2D eigenvalue weighted by atomic mass is 9.98. The van der Waals surface area contributed by atoms with Gasteiger partial charge < -0.3 is 10.2 Å². The minimum absolute atomic E-state index is 0.396. The number of fused-ring (bicyclic) bond motifs is 1. The normalized spacial score (nSPS) is 38.8. The molecule has 3 heterocycles. The molecule has 1 amide bonds. The number of rotatable bonds is 2. The van der Waals surface area contributed by atoms with Crippen LogP contribution >= 0.6 is 0 Å². The van der Waals surface area contributed by atoms with Gasteiger partial charge in [-0.15, -0.1) is 0 Å². The molecular formula is C13H23N3O. The molecule has 3 rings (SSSR count). The third-order valence-electron chi connectivity index (χ3n) is 4.79. The molecule has 0 saturated carbocycles. The van der Waals surface area contributed by atoms with Gasteiger partial charge in [0.1, 0.15) is 0 Å². The Bertz CT molecular complexity index is 307. The number of nitrogens with zero attached hydrogens (tertiary/aromatic N) is 2. The van der Waals surface area contributed by atoms with E-state index in [1.807, 2.05) is 7.05 Å². The van der Waals surface area contributed by atoms with Crippen molar-refractivity contribution in [1.29, 1.82) is 0 Å². The van der Waals surface area contributed by atoms with Crippen LogP contribution in [0.15, 0.2) is 0 Å². The number of carbonyl (C=O) groups is 1. The van der Waals surface area contributed by atoms with Crippen LogP contribution in [0.1, 0.15) is 32.1 Å². The van der Waals surface area contributed by atoms with E-state index in [0.29, 0.717) is 24.0 Å². The van der Waals surface area contributed by atoms with Gasteiger partial charge in [-0.05, 0) is 32.7 Å². The first-order valence-corrected chi connectivity index (χ1v) is 7.00. The van der Waals surface area contributed by atoms with Crippen molar-refractivity contribution >= 4 is 5.91 Å². The molecule has 0 aromatic carbocycles. The predicted molar refractivity (Wildman–Crippen MR) is 66.8 cm³/mol. The van der Waals surface area contributed by atoms with E-state index in [4.69, 9.17) is 0 Å². The summed E-state index contributed by atoms with van der Waals surface area (Å²) >= 11 is 0. The zero-order valence-corrected chi connectivity index (χ0v) is 10.7. The Hall–Kier alpha value is -0.610. The Morgan fingerprint density at radius 3 is 2.82 bits per heavy atom. The van der Waals surface area contributed by atoms with Crippen molar-refractivity contribution in [2.45, 2.75) is 50.2 Å².